The van der Waals surface area contributed by atoms with Crippen molar-refractivity contribution in [2.75, 3.05) is 13.1 Å². The largest absolute Gasteiger partial charge is 0.384 e. The van der Waals surface area contributed by atoms with Crippen molar-refractivity contribution in [2.45, 2.75) is 25.0 Å². The van der Waals surface area contributed by atoms with Gasteiger partial charge in [-0.05, 0) is 42.6 Å². The summed E-state index contributed by atoms with van der Waals surface area (Å²) < 4.78 is 2.12. The summed E-state index contributed by atoms with van der Waals surface area (Å²) in [5.41, 5.74) is 2.78. The average molecular weight is 320 g/mol. The lowest BCUT2D eigenvalue weighted by atomic mass is 9.84. The summed E-state index contributed by atoms with van der Waals surface area (Å²) in [6.45, 7) is 2.63. The Morgan fingerprint density at radius 2 is 1.88 bits per heavy atom. The SMILES string of the molecule is Cn1ccc2c(C3(O)CCCN(Cc4ccccc4)C3)cccc21. The molecule has 24 heavy (non-hydrogen) atoms. The van der Waals surface area contributed by atoms with E-state index in [2.05, 4.69) is 71.2 Å². The summed E-state index contributed by atoms with van der Waals surface area (Å²) in [7, 11) is 2.05. The molecule has 1 N–H and O–H groups in total. The second-order valence-corrected chi connectivity index (χ2v) is 7.00. The van der Waals surface area contributed by atoms with Crippen molar-refractivity contribution in [2.24, 2.45) is 7.05 Å². The fourth-order valence-electron chi connectivity index (χ4n) is 4.03. The zero-order valence-electron chi connectivity index (χ0n) is 14.2. The van der Waals surface area contributed by atoms with Gasteiger partial charge in [0.15, 0.2) is 0 Å². The van der Waals surface area contributed by atoms with E-state index in [9.17, 15) is 5.11 Å². The lowest BCUT2D eigenvalue weighted by Crippen LogP contribution is -2.45. The molecule has 1 fully saturated rings. The second kappa shape index (κ2) is 6.08. The van der Waals surface area contributed by atoms with Crippen LogP contribution in [0.25, 0.3) is 10.9 Å². The minimum atomic E-state index is -0.770. The number of β-amino-alcohol motifs (C(OH)–C–C–N with tert-alkyl or cyclic N) is 1. The second-order valence-electron chi connectivity index (χ2n) is 7.00. The zero-order chi connectivity index (χ0) is 16.6. The standard InChI is InChI=1S/C21H24N2O/c1-22-14-11-18-19(9-5-10-20(18)22)21(24)12-6-13-23(16-21)15-17-7-3-2-4-8-17/h2-5,7-11,14,24H,6,12-13,15-16H2,1H3. The maximum Gasteiger partial charge on any atom is 0.103 e. The van der Waals surface area contributed by atoms with Gasteiger partial charge in [-0.2, -0.15) is 0 Å². The molecule has 1 unspecified atom stereocenters. The first-order valence-electron chi connectivity index (χ1n) is 8.69. The molecule has 1 aliphatic rings. The Balaban J connectivity index is 1.63. The molecule has 1 aliphatic heterocycles. The zero-order valence-corrected chi connectivity index (χ0v) is 14.2. The van der Waals surface area contributed by atoms with Gasteiger partial charge in [0.1, 0.15) is 5.60 Å². The van der Waals surface area contributed by atoms with Gasteiger partial charge >= 0.3 is 0 Å². The third kappa shape index (κ3) is 2.74. The summed E-state index contributed by atoms with van der Waals surface area (Å²) in [5.74, 6) is 0. The van der Waals surface area contributed by atoms with Crippen LogP contribution in [0.5, 0.6) is 0 Å². The molecule has 0 bridgehead atoms. The van der Waals surface area contributed by atoms with Crippen LogP contribution in [0, 0.1) is 0 Å². The molecule has 0 saturated carbocycles. The molecule has 0 amide bonds. The maximum atomic E-state index is 11.4. The number of likely N-dealkylation sites (tertiary alicyclic amines) is 1. The number of fused-ring (bicyclic) bond motifs is 1. The maximum absolute atomic E-state index is 11.4. The predicted molar refractivity (Wildman–Crippen MR) is 97.8 cm³/mol. The first kappa shape index (κ1) is 15.4. The van der Waals surface area contributed by atoms with Crippen molar-refractivity contribution in [1.82, 2.24) is 9.47 Å². The van der Waals surface area contributed by atoms with Gasteiger partial charge in [0.2, 0.25) is 0 Å². The van der Waals surface area contributed by atoms with Crippen LogP contribution in [0.3, 0.4) is 0 Å². The topological polar surface area (TPSA) is 28.4 Å². The van der Waals surface area contributed by atoms with Gasteiger partial charge in [-0.25, -0.2) is 0 Å². The Kier molecular flexibility index (Phi) is 3.91. The van der Waals surface area contributed by atoms with Crippen molar-refractivity contribution in [3.63, 3.8) is 0 Å². The molecule has 1 aromatic heterocycles. The Morgan fingerprint density at radius 1 is 1.04 bits per heavy atom. The molecular weight excluding hydrogens is 296 g/mol. The summed E-state index contributed by atoms with van der Waals surface area (Å²) in [4.78, 5) is 2.38. The Hall–Kier alpha value is -2.10. The quantitative estimate of drug-likeness (QED) is 0.798. The Bertz CT molecular complexity index is 839. The normalized spacial score (nSPS) is 22.1. The molecule has 1 saturated heterocycles. The summed E-state index contributed by atoms with van der Waals surface area (Å²) >= 11 is 0. The van der Waals surface area contributed by atoms with E-state index in [4.69, 9.17) is 0 Å². The Labute approximate surface area is 143 Å². The van der Waals surface area contributed by atoms with Gasteiger partial charge in [-0.3, -0.25) is 4.90 Å². The minimum absolute atomic E-state index is 0.690. The lowest BCUT2D eigenvalue weighted by molar-refractivity contribution is -0.0370. The molecule has 2 heterocycles. The van der Waals surface area contributed by atoms with E-state index in [1.165, 1.54) is 16.5 Å². The summed E-state index contributed by atoms with van der Waals surface area (Å²) in [5, 5.41) is 12.6. The smallest absolute Gasteiger partial charge is 0.103 e. The molecule has 3 heteroatoms. The number of benzene rings is 2. The molecule has 2 aromatic carbocycles. The van der Waals surface area contributed by atoms with Gasteiger partial charge in [-0.15, -0.1) is 0 Å². The van der Waals surface area contributed by atoms with Gasteiger partial charge in [0.25, 0.3) is 0 Å². The van der Waals surface area contributed by atoms with Crippen molar-refractivity contribution >= 4 is 10.9 Å². The number of aliphatic hydroxyl groups is 1. The van der Waals surface area contributed by atoms with Crippen LogP contribution >= 0.6 is 0 Å². The fraction of sp³-hybridized carbons (Fsp3) is 0.333. The number of hydrogen-bond acceptors (Lipinski definition) is 2. The van der Waals surface area contributed by atoms with E-state index < -0.39 is 5.60 Å². The van der Waals surface area contributed by atoms with Gasteiger partial charge in [-0.1, -0.05) is 42.5 Å². The molecule has 3 nitrogen and oxygen atoms in total. The molecule has 0 spiro atoms. The van der Waals surface area contributed by atoms with E-state index in [0.717, 1.165) is 31.5 Å². The number of rotatable bonds is 3. The van der Waals surface area contributed by atoms with Crippen LogP contribution in [-0.2, 0) is 19.2 Å². The number of aromatic nitrogens is 1. The molecule has 3 aromatic rings. The molecular formula is C21H24N2O. The highest BCUT2D eigenvalue weighted by atomic mass is 16.3. The van der Waals surface area contributed by atoms with Crippen LogP contribution in [0.4, 0.5) is 0 Å². The van der Waals surface area contributed by atoms with Gasteiger partial charge in [0.05, 0.1) is 0 Å². The van der Waals surface area contributed by atoms with Crippen LogP contribution in [0.15, 0.2) is 60.8 Å². The molecule has 4 rings (SSSR count). The number of nitrogens with zero attached hydrogens (tertiary/aromatic N) is 2. The highest BCUT2D eigenvalue weighted by molar-refractivity contribution is 5.84. The van der Waals surface area contributed by atoms with E-state index >= 15 is 0 Å². The number of piperidine rings is 1. The molecule has 0 aliphatic carbocycles. The molecule has 124 valence electrons. The summed E-state index contributed by atoms with van der Waals surface area (Å²) in [6, 6.07) is 18.9. The average Bonchev–Trinajstić information content (AvgIpc) is 2.97. The monoisotopic (exact) mass is 320 g/mol. The highest BCUT2D eigenvalue weighted by Crippen LogP contribution is 2.36. The Morgan fingerprint density at radius 3 is 2.71 bits per heavy atom. The van der Waals surface area contributed by atoms with E-state index in [-0.39, 0.29) is 0 Å². The van der Waals surface area contributed by atoms with Crippen LogP contribution in [-0.4, -0.2) is 27.7 Å². The van der Waals surface area contributed by atoms with E-state index in [0.29, 0.717) is 6.54 Å². The van der Waals surface area contributed by atoms with Crippen molar-refractivity contribution in [1.29, 1.82) is 0 Å². The fourth-order valence-corrected chi connectivity index (χ4v) is 4.03. The lowest BCUT2D eigenvalue weighted by Gasteiger charge is -2.40. The van der Waals surface area contributed by atoms with Crippen LogP contribution in [0.2, 0.25) is 0 Å². The third-order valence-corrected chi connectivity index (χ3v) is 5.23. The van der Waals surface area contributed by atoms with Crippen molar-refractivity contribution in [3.8, 4) is 0 Å². The van der Waals surface area contributed by atoms with Crippen molar-refractivity contribution < 1.29 is 5.11 Å². The van der Waals surface area contributed by atoms with Gasteiger partial charge < -0.3 is 9.67 Å². The number of hydrogen-bond donors (Lipinski definition) is 1. The first-order valence-corrected chi connectivity index (χ1v) is 8.69. The minimum Gasteiger partial charge on any atom is -0.384 e. The predicted octanol–water partition coefficient (Wildman–Crippen LogP) is 3.66. The number of aryl methyl sites for hydroxylation is 1. The first-order chi connectivity index (χ1) is 11.7. The highest BCUT2D eigenvalue weighted by Gasteiger charge is 2.36. The van der Waals surface area contributed by atoms with Crippen LogP contribution < -0.4 is 0 Å². The van der Waals surface area contributed by atoms with Gasteiger partial charge in [0, 0.05) is 37.2 Å². The van der Waals surface area contributed by atoms with E-state index in [1.54, 1.807) is 0 Å². The third-order valence-electron chi connectivity index (χ3n) is 5.23. The van der Waals surface area contributed by atoms with E-state index in [1.807, 2.05) is 6.07 Å². The van der Waals surface area contributed by atoms with Crippen LogP contribution in [0.1, 0.15) is 24.0 Å². The van der Waals surface area contributed by atoms with Crippen molar-refractivity contribution in [3.05, 3.63) is 71.9 Å². The molecule has 1 atom stereocenters. The molecule has 0 radical (unpaired) electrons. The summed E-state index contributed by atoms with van der Waals surface area (Å²) in [6.07, 6.45) is 3.92.